The quantitative estimate of drug-likeness (QED) is 0.253. The third kappa shape index (κ3) is 3.97. The minimum Gasteiger partial charge on any atom is -0.504 e. The van der Waals surface area contributed by atoms with Gasteiger partial charge in [0.2, 0.25) is 12.0 Å². The molecular weight excluding hydrogens is 380 g/mol. The van der Waals surface area contributed by atoms with Gasteiger partial charge in [-0.15, -0.1) is 0 Å². The third-order valence-corrected chi connectivity index (χ3v) is 4.60. The first-order chi connectivity index (χ1) is 13.2. The van der Waals surface area contributed by atoms with Crippen LogP contribution in [-0.2, 0) is 25.5 Å². The van der Waals surface area contributed by atoms with Gasteiger partial charge in [-0.1, -0.05) is 0 Å². The Morgan fingerprint density at radius 1 is 1.14 bits per heavy atom. The summed E-state index contributed by atoms with van der Waals surface area (Å²) in [4.78, 5) is 22.3. The maximum absolute atomic E-state index is 11.2. The summed E-state index contributed by atoms with van der Waals surface area (Å²) in [5.41, 5.74) is 0.436. The molecule has 0 spiro atoms. The van der Waals surface area contributed by atoms with E-state index in [1.54, 1.807) is 0 Å². The minimum absolute atomic E-state index is 0.225. The van der Waals surface area contributed by atoms with Crippen LogP contribution >= 0.6 is 0 Å². The number of cyclic esters (lactones) is 1. The van der Waals surface area contributed by atoms with E-state index in [2.05, 4.69) is 0 Å². The highest BCUT2D eigenvalue weighted by molar-refractivity contribution is 5.73. The lowest BCUT2D eigenvalue weighted by Gasteiger charge is -2.38. The summed E-state index contributed by atoms with van der Waals surface area (Å²) in [6, 6.07) is 2.54. The standard InChI is InChI=1S/C17H20O11/c18-8-4-6(3-7-1-2-10(19)26-7)5-9(11(8)20)27-17-14(23)12(21)13(22)15(28-17)16(24)25/h4-5,7,12-15,17-18,20-23H,1-3H2,(H,24,25). The number of carboxylic acid groups (broad SMARTS) is 1. The van der Waals surface area contributed by atoms with E-state index < -0.39 is 54.3 Å². The van der Waals surface area contributed by atoms with Crippen molar-refractivity contribution in [2.75, 3.05) is 0 Å². The Balaban J connectivity index is 1.80. The first-order valence-electron chi connectivity index (χ1n) is 8.51. The zero-order chi connectivity index (χ0) is 20.6. The van der Waals surface area contributed by atoms with Gasteiger partial charge in [-0.05, 0) is 24.1 Å². The molecule has 0 saturated carbocycles. The highest BCUT2D eigenvalue weighted by atomic mass is 16.7. The molecule has 1 aromatic carbocycles. The molecule has 6 N–H and O–H groups in total. The van der Waals surface area contributed by atoms with Crippen molar-refractivity contribution in [2.45, 2.75) is 56.1 Å². The number of aliphatic hydroxyl groups is 3. The molecular formula is C17H20O11. The number of aromatic hydroxyl groups is 2. The molecule has 2 aliphatic rings. The fourth-order valence-corrected chi connectivity index (χ4v) is 3.12. The summed E-state index contributed by atoms with van der Waals surface area (Å²) in [6.45, 7) is 0. The van der Waals surface area contributed by atoms with E-state index in [1.165, 1.54) is 12.1 Å². The molecule has 2 saturated heterocycles. The maximum Gasteiger partial charge on any atom is 0.335 e. The smallest absolute Gasteiger partial charge is 0.335 e. The summed E-state index contributed by atoms with van der Waals surface area (Å²) >= 11 is 0. The number of hydrogen-bond acceptors (Lipinski definition) is 10. The van der Waals surface area contributed by atoms with Crippen molar-refractivity contribution in [3.8, 4) is 17.2 Å². The van der Waals surface area contributed by atoms with Crippen molar-refractivity contribution >= 4 is 11.9 Å². The summed E-state index contributed by atoms with van der Waals surface area (Å²) in [5.74, 6) is -3.53. The van der Waals surface area contributed by atoms with Gasteiger partial charge < -0.3 is 44.8 Å². The van der Waals surface area contributed by atoms with Gasteiger partial charge in [0.25, 0.3) is 0 Å². The lowest BCUT2D eigenvalue weighted by molar-refractivity contribution is -0.271. The molecule has 1 aromatic rings. The van der Waals surface area contributed by atoms with Crippen LogP contribution in [0, 0.1) is 0 Å². The fraction of sp³-hybridized carbons (Fsp3) is 0.529. The number of phenols is 2. The Labute approximate surface area is 158 Å². The lowest BCUT2D eigenvalue weighted by atomic mass is 9.99. The number of aliphatic carboxylic acids is 1. The Bertz CT molecular complexity index is 764. The zero-order valence-corrected chi connectivity index (χ0v) is 14.5. The summed E-state index contributed by atoms with van der Waals surface area (Å²) in [7, 11) is 0. The lowest BCUT2D eigenvalue weighted by Crippen LogP contribution is -2.61. The molecule has 11 heteroatoms. The molecule has 2 aliphatic heterocycles. The maximum atomic E-state index is 11.2. The van der Waals surface area contributed by atoms with Gasteiger partial charge in [0.05, 0.1) is 0 Å². The van der Waals surface area contributed by atoms with Gasteiger partial charge in [0.15, 0.2) is 17.6 Å². The largest absolute Gasteiger partial charge is 0.504 e. The molecule has 3 rings (SSSR count). The van der Waals surface area contributed by atoms with Crippen LogP contribution in [0.5, 0.6) is 17.2 Å². The number of phenolic OH excluding ortho intramolecular Hbond substituents is 2. The van der Waals surface area contributed by atoms with Crippen LogP contribution in [0.2, 0.25) is 0 Å². The first kappa shape index (κ1) is 20.1. The normalized spacial score (nSPS) is 32.8. The Morgan fingerprint density at radius 2 is 1.86 bits per heavy atom. The number of hydrogen-bond donors (Lipinski definition) is 6. The molecule has 0 aliphatic carbocycles. The Morgan fingerprint density at radius 3 is 2.46 bits per heavy atom. The summed E-state index contributed by atoms with van der Waals surface area (Å²) in [6.07, 6.45) is -8.63. The van der Waals surface area contributed by atoms with Gasteiger partial charge in [0.1, 0.15) is 24.4 Å². The summed E-state index contributed by atoms with van der Waals surface area (Å²) < 4.78 is 15.4. The van der Waals surface area contributed by atoms with E-state index >= 15 is 0 Å². The molecule has 6 unspecified atom stereocenters. The second-order valence-electron chi connectivity index (χ2n) is 6.67. The fourth-order valence-electron chi connectivity index (χ4n) is 3.12. The van der Waals surface area contributed by atoms with E-state index in [0.29, 0.717) is 12.0 Å². The van der Waals surface area contributed by atoms with Gasteiger partial charge >= 0.3 is 11.9 Å². The van der Waals surface area contributed by atoms with Gasteiger partial charge in [0, 0.05) is 12.8 Å². The van der Waals surface area contributed by atoms with Crippen molar-refractivity contribution in [1.82, 2.24) is 0 Å². The van der Waals surface area contributed by atoms with Gasteiger partial charge in [-0.3, -0.25) is 4.79 Å². The molecule has 2 fully saturated rings. The number of carbonyl (C=O) groups is 2. The van der Waals surface area contributed by atoms with Crippen LogP contribution in [0.15, 0.2) is 12.1 Å². The van der Waals surface area contributed by atoms with Crippen LogP contribution in [0.1, 0.15) is 18.4 Å². The number of carboxylic acids is 1. The zero-order valence-electron chi connectivity index (χ0n) is 14.5. The molecule has 154 valence electrons. The predicted octanol–water partition coefficient (Wildman–Crippen LogP) is -1.38. The van der Waals surface area contributed by atoms with E-state index in [4.69, 9.17) is 19.3 Å². The molecule has 6 atom stereocenters. The van der Waals surface area contributed by atoms with Crippen molar-refractivity contribution < 1.29 is 54.4 Å². The molecule has 0 bridgehead atoms. The second kappa shape index (κ2) is 7.80. The van der Waals surface area contributed by atoms with E-state index in [-0.39, 0.29) is 24.6 Å². The topological polar surface area (TPSA) is 183 Å². The van der Waals surface area contributed by atoms with Crippen molar-refractivity contribution in [3.05, 3.63) is 17.7 Å². The molecule has 2 heterocycles. The van der Waals surface area contributed by atoms with Crippen molar-refractivity contribution in [1.29, 1.82) is 0 Å². The molecule has 0 amide bonds. The van der Waals surface area contributed by atoms with Gasteiger partial charge in [-0.2, -0.15) is 0 Å². The first-order valence-corrected chi connectivity index (χ1v) is 8.51. The average molecular weight is 400 g/mol. The molecule has 0 radical (unpaired) electrons. The highest BCUT2D eigenvalue weighted by Gasteiger charge is 2.48. The number of esters is 1. The summed E-state index contributed by atoms with van der Waals surface area (Å²) in [5, 5.41) is 58.5. The molecule has 0 aromatic heterocycles. The number of carbonyl (C=O) groups excluding carboxylic acids is 1. The van der Waals surface area contributed by atoms with Crippen molar-refractivity contribution in [3.63, 3.8) is 0 Å². The average Bonchev–Trinajstić information content (AvgIpc) is 3.03. The second-order valence-corrected chi connectivity index (χ2v) is 6.67. The van der Waals surface area contributed by atoms with E-state index in [1.807, 2.05) is 0 Å². The van der Waals surface area contributed by atoms with Crippen LogP contribution in [0.25, 0.3) is 0 Å². The van der Waals surface area contributed by atoms with Crippen LogP contribution in [0.3, 0.4) is 0 Å². The monoisotopic (exact) mass is 400 g/mol. The van der Waals surface area contributed by atoms with Crippen LogP contribution < -0.4 is 4.74 Å². The molecule has 28 heavy (non-hydrogen) atoms. The number of rotatable bonds is 5. The Kier molecular flexibility index (Phi) is 5.61. The Hall–Kier alpha value is -2.60. The SMILES string of the molecule is O=C1CCC(Cc2cc(O)c(O)c(OC3OC(C(=O)O)C(O)C(O)C3O)c2)O1. The minimum atomic E-state index is -1.89. The number of benzene rings is 1. The van der Waals surface area contributed by atoms with E-state index in [0.717, 1.165) is 0 Å². The number of ether oxygens (including phenoxy) is 3. The van der Waals surface area contributed by atoms with E-state index in [9.17, 15) is 35.1 Å². The highest BCUT2D eigenvalue weighted by Crippen LogP contribution is 2.39. The van der Waals surface area contributed by atoms with Gasteiger partial charge in [-0.25, -0.2) is 4.79 Å². The predicted molar refractivity (Wildman–Crippen MR) is 87.5 cm³/mol. The third-order valence-electron chi connectivity index (χ3n) is 4.60. The molecule has 11 nitrogen and oxygen atoms in total. The number of aliphatic hydroxyl groups excluding tert-OH is 3. The van der Waals surface area contributed by atoms with Crippen LogP contribution in [0.4, 0.5) is 0 Å². The van der Waals surface area contributed by atoms with Crippen molar-refractivity contribution in [2.24, 2.45) is 0 Å². The van der Waals surface area contributed by atoms with Crippen LogP contribution in [-0.4, -0.2) is 79.4 Å².